The lowest BCUT2D eigenvalue weighted by Crippen LogP contribution is -2.53. The number of fused-ring (bicyclic) bond motifs is 10. The van der Waals surface area contributed by atoms with Gasteiger partial charge in [0.15, 0.2) is 11.6 Å². The molecule has 4 fully saturated rings. The molecule has 1 spiro atoms. The molecule has 59 heavy (non-hydrogen) atoms. The second kappa shape index (κ2) is 12.3. The van der Waals surface area contributed by atoms with Crippen LogP contribution >= 0.6 is 0 Å². The Kier molecular flexibility index (Phi) is 7.01. The fourth-order valence-electron chi connectivity index (χ4n) is 12.6. The highest BCUT2D eigenvalue weighted by molar-refractivity contribution is 5.89. The first-order valence-corrected chi connectivity index (χ1v) is 21.5. The molecule has 6 aliphatic rings. The first-order valence-electron chi connectivity index (χ1n) is 21.5. The van der Waals surface area contributed by atoms with Crippen LogP contribution in [0, 0.1) is 23.7 Å². The van der Waals surface area contributed by atoms with Crippen LogP contribution in [0.25, 0.3) is 55.8 Å². The van der Waals surface area contributed by atoms with E-state index in [9.17, 15) is 0 Å². The summed E-state index contributed by atoms with van der Waals surface area (Å²) in [6, 6.07) is 57.1. The van der Waals surface area contributed by atoms with Crippen molar-refractivity contribution in [3.63, 3.8) is 0 Å². The molecule has 1 aliphatic heterocycles. The number of nitrogens with zero attached hydrogens (tertiary/aromatic N) is 3. The maximum atomic E-state index is 6.87. The average molecular weight is 762 g/mol. The number of rotatable bonds is 4. The number of benzene rings is 7. The standard InChI is InChI=1S/C55H43N3O/c1-33-41-25-34-26-42(33)32-54(30-34,31-41)53-57-51(56-52(58-53)40-22-21-35-11-2-3-12-36(35)27-40)39-14-10-13-37(28-39)38-23-24-48-50(29-38)59-49-20-9-8-19-47(49)55(48)45-17-6-4-15-43(45)44-16-5-7-18-46(44)55/h2-24,27-29,33-34,41-42H,25-26,30-32H2,1H3/t33?,34?,41-,42?,54?/m1/s1. The maximum Gasteiger partial charge on any atom is 0.163 e. The van der Waals surface area contributed by atoms with Crippen molar-refractivity contribution in [3.8, 4) is 56.5 Å². The first-order chi connectivity index (χ1) is 29.0. The van der Waals surface area contributed by atoms with Crippen LogP contribution in [-0.4, -0.2) is 15.0 Å². The molecule has 1 aromatic heterocycles. The zero-order chi connectivity index (χ0) is 38.9. The van der Waals surface area contributed by atoms with Gasteiger partial charge in [0.1, 0.15) is 17.3 Å². The zero-order valence-corrected chi connectivity index (χ0v) is 33.1. The molecule has 5 aliphatic carbocycles. The molecule has 4 nitrogen and oxygen atoms in total. The maximum absolute atomic E-state index is 6.87. The highest BCUT2D eigenvalue weighted by Gasteiger charge is 2.56. The van der Waals surface area contributed by atoms with Crippen LogP contribution in [0.3, 0.4) is 0 Å². The predicted molar refractivity (Wildman–Crippen MR) is 235 cm³/mol. The Morgan fingerprint density at radius 3 is 1.83 bits per heavy atom. The number of hydrogen-bond acceptors (Lipinski definition) is 4. The van der Waals surface area contributed by atoms with Crippen LogP contribution in [-0.2, 0) is 10.8 Å². The van der Waals surface area contributed by atoms with E-state index in [0.717, 1.165) is 74.9 Å². The quantitative estimate of drug-likeness (QED) is 0.179. The number of ether oxygens (including phenoxy) is 1. The van der Waals surface area contributed by atoms with E-state index in [4.69, 9.17) is 19.7 Å². The summed E-state index contributed by atoms with van der Waals surface area (Å²) < 4.78 is 6.87. The van der Waals surface area contributed by atoms with Crippen LogP contribution in [0.4, 0.5) is 0 Å². The third-order valence-corrected chi connectivity index (χ3v) is 15.2. The van der Waals surface area contributed by atoms with Gasteiger partial charge in [-0.1, -0.05) is 140 Å². The summed E-state index contributed by atoms with van der Waals surface area (Å²) in [6.45, 7) is 2.50. The minimum absolute atomic E-state index is 0.0173. The van der Waals surface area contributed by atoms with E-state index in [1.165, 1.54) is 76.3 Å². The van der Waals surface area contributed by atoms with Gasteiger partial charge >= 0.3 is 0 Å². The van der Waals surface area contributed by atoms with Gasteiger partial charge in [0, 0.05) is 27.7 Å². The Morgan fingerprint density at radius 2 is 1.07 bits per heavy atom. The lowest BCUT2D eigenvalue weighted by molar-refractivity contribution is -0.0522. The van der Waals surface area contributed by atoms with Gasteiger partial charge in [0.25, 0.3) is 0 Å². The van der Waals surface area contributed by atoms with E-state index >= 15 is 0 Å². The third-order valence-electron chi connectivity index (χ3n) is 15.2. The molecule has 4 saturated carbocycles. The Morgan fingerprint density at radius 1 is 0.475 bits per heavy atom. The van der Waals surface area contributed by atoms with Crippen molar-refractivity contribution in [2.45, 2.75) is 49.9 Å². The minimum atomic E-state index is -0.479. The fraction of sp³-hybridized carbons (Fsp3) is 0.218. The summed E-state index contributed by atoms with van der Waals surface area (Å²) in [5.74, 6) is 7.41. The van der Waals surface area contributed by atoms with Crippen molar-refractivity contribution in [3.05, 3.63) is 186 Å². The van der Waals surface area contributed by atoms with E-state index in [0.29, 0.717) is 0 Å². The molecular formula is C55H43N3O. The molecule has 2 heterocycles. The lowest BCUT2D eigenvalue weighted by atomic mass is 9.46. The Bertz CT molecular complexity index is 2980. The monoisotopic (exact) mass is 761 g/mol. The molecule has 14 rings (SSSR count). The van der Waals surface area contributed by atoms with Crippen LogP contribution < -0.4 is 4.74 Å². The van der Waals surface area contributed by atoms with Gasteiger partial charge in [-0.2, -0.15) is 0 Å². The second-order valence-corrected chi connectivity index (χ2v) is 18.2. The van der Waals surface area contributed by atoms with Crippen LogP contribution in [0.5, 0.6) is 11.5 Å². The van der Waals surface area contributed by atoms with Gasteiger partial charge in [-0.15, -0.1) is 0 Å². The molecule has 4 heteroatoms. The molecule has 0 N–H and O–H groups in total. The molecule has 5 atom stereocenters. The van der Waals surface area contributed by atoms with Gasteiger partial charge in [0.05, 0.1) is 5.41 Å². The van der Waals surface area contributed by atoms with Crippen molar-refractivity contribution in [1.29, 1.82) is 0 Å². The molecule has 4 unspecified atom stereocenters. The summed E-state index contributed by atoms with van der Waals surface area (Å²) in [5.41, 5.74) is 11.3. The largest absolute Gasteiger partial charge is 0.457 e. The highest BCUT2D eigenvalue weighted by atomic mass is 16.5. The minimum Gasteiger partial charge on any atom is -0.457 e. The summed E-state index contributed by atoms with van der Waals surface area (Å²) in [6.07, 6.45) is 6.31. The van der Waals surface area contributed by atoms with Crippen LogP contribution in [0.15, 0.2) is 158 Å². The fourth-order valence-corrected chi connectivity index (χ4v) is 12.6. The van der Waals surface area contributed by atoms with E-state index in [-0.39, 0.29) is 5.41 Å². The Balaban J connectivity index is 0.951. The highest BCUT2D eigenvalue weighted by Crippen LogP contribution is 2.64. The predicted octanol–water partition coefficient (Wildman–Crippen LogP) is 13.2. The van der Waals surface area contributed by atoms with E-state index in [1.807, 2.05) is 0 Å². The smallest absolute Gasteiger partial charge is 0.163 e. The van der Waals surface area contributed by atoms with Crippen molar-refractivity contribution in [2.75, 3.05) is 0 Å². The second-order valence-electron chi connectivity index (χ2n) is 18.2. The van der Waals surface area contributed by atoms with E-state index < -0.39 is 5.41 Å². The van der Waals surface area contributed by atoms with E-state index in [1.54, 1.807) is 0 Å². The molecule has 4 bridgehead atoms. The Labute approximate surface area is 345 Å². The lowest BCUT2D eigenvalue weighted by Gasteiger charge is -2.59. The van der Waals surface area contributed by atoms with Crippen LogP contribution in [0.2, 0.25) is 0 Å². The summed E-state index contributed by atoms with van der Waals surface area (Å²) in [5, 5.41) is 2.42. The molecular weight excluding hydrogens is 719 g/mol. The van der Waals surface area contributed by atoms with Gasteiger partial charge in [-0.3, -0.25) is 0 Å². The normalized spacial score (nSPS) is 23.7. The van der Waals surface area contributed by atoms with Crippen LogP contribution in [0.1, 0.15) is 67.1 Å². The molecule has 0 amide bonds. The average Bonchev–Trinajstić information content (AvgIpc) is 3.58. The van der Waals surface area contributed by atoms with Crippen molar-refractivity contribution in [1.82, 2.24) is 15.0 Å². The van der Waals surface area contributed by atoms with Crippen molar-refractivity contribution < 1.29 is 4.74 Å². The molecule has 0 radical (unpaired) electrons. The zero-order valence-electron chi connectivity index (χ0n) is 33.1. The van der Waals surface area contributed by atoms with E-state index in [2.05, 4.69) is 165 Å². The van der Waals surface area contributed by atoms with Gasteiger partial charge in [0.2, 0.25) is 0 Å². The molecule has 7 aromatic carbocycles. The summed E-state index contributed by atoms with van der Waals surface area (Å²) in [4.78, 5) is 16.2. The topological polar surface area (TPSA) is 47.9 Å². The SMILES string of the molecule is CC1C2CC3C[C@@H]1CC(c1nc(-c4cccc(-c5ccc6c(c5)Oc5ccccc5C65c6ccccc6-c6ccccc65)c4)nc(-c4ccc5ccccc5c4)n1)(C3)C2. The summed E-state index contributed by atoms with van der Waals surface area (Å²) in [7, 11) is 0. The van der Waals surface area contributed by atoms with Gasteiger partial charge in [-0.05, 0) is 124 Å². The molecule has 0 saturated heterocycles. The Hall–Kier alpha value is -6.39. The number of aromatic nitrogens is 3. The third kappa shape index (κ3) is 4.80. The summed E-state index contributed by atoms with van der Waals surface area (Å²) >= 11 is 0. The van der Waals surface area contributed by atoms with Crippen molar-refractivity contribution >= 4 is 10.8 Å². The van der Waals surface area contributed by atoms with Crippen molar-refractivity contribution in [2.24, 2.45) is 23.7 Å². The molecule has 284 valence electrons. The molecule has 8 aromatic rings. The number of hydrogen-bond donors (Lipinski definition) is 0. The van der Waals surface area contributed by atoms with Gasteiger partial charge < -0.3 is 4.74 Å². The van der Waals surface area contributed by atoms with Gasteiger partial charge in [-0.25, -0.2) is 15.0 Å². The number of para-hydroxylation sites is 1. The first kappa shape index (κ1) is 33.6.